The quantitative estimate of drug-likeness (QED) is 0.643. The zero-order chi connectivity index (χ0) is 7.61. The molecule has 0 unspecified atom stereocenters. The lowest BCUT2D eigenvalue weighted by molar-refractivity contribution is -0.0322. The molecule has 0 aromatic carbocycles. The summed E-state index contributed by atoms with van der Waals surface area (Å²) in [5, 5.41) is 0. The second kappa shape index (κ2) is 2.32. The monoisotopic (exact) mass is 151 g/mol. The van der Waals surface area contributed by atoms with Gasteiger partial charge in [-0.2, -0.15) is 8.78 Å². The van der Waals surface area contributed by atoms with E-state index in [1.807, 2.05) is 0 Å². The zero-order valence-electron chi connectivity index (χ0n) is 4.85. The van der Waals surface area contributed by atoms with Gasteiger partial charge >= 0.3 is 5.92 Å². The first-order chi connectivity index (χ1) is 4.67. The summed E-state index contributed by atoms with van der Waals surface area (Å²) in [6.45, 7) is -1.75. The van der Waals surface area contributed by atoms with Crippen LogP contribution < -0.4 is 0 Å². The highest BCUT2D eigenvalue weighted by atomic mass is 19.3. The number of hydrogen-bond acceptors (Lipinski definition) is 2. The molecule has 0 saturated heterocycles. The van der Waals surface area contributed by atoms with E-state index in [1.165, 1.54) is 0 Å². The van der Waals surface area contributed by atoms with Gasteiger partial charge in [0.25, 0.3) is 0 Å². The summed E-state index contributed by atoms with van der Waals surface area (Å²) in [5.41, 5.74) is -0.671. The second-order valence-electron chi connectivity index (χ2n) is 1.71. The Kier molecular flexibility index (Phi) is 1.65. The maximum absolute atomic E-state index is 12.2. The Morgan fingerprint density at radius 1 is 1.60 bits per heavy atom. The molecule has 0 N–H and O–H groups in total. The number of halogens is 3. The van der Waals surface area contributed by atoms with Gasteiger partial charge in [0.1, 0.15) is 6.26 Å². The number of hydrogen-bond donors (Lipinski definition) is 0. The van der Waals surface area contributed by atoms with Crippen molar-refractivity contribution in [1.82, 2.24) is 4.98 Å². The summed E-state index contributed by atoms with van der Waals surface area (Å²) in [5.74, 6) is -3.51. The number of oxazole rings is 1. The van der Waals surface area contributed by atoms with Crippen molar-refractivity contribution in [3.63, 3.8) is 0 Å². The van der Waals surface area contributed by atoms with E-state index < -0.39 is 18.3 Å². The summed E-state index contributed by atoms with van der Waals surface area (Å²) in [7, 11) is 0. The smallest absolute Gasteiger partial charge is 0.320 e. The van der Waals surface area contributed by atoms with Crippen LogP contribution in [0.3, 0.4) is 0 Å². The van der Waals surface area contributed by atoms with Gasteiger partial charge in [-0.1, -0.05) is 0 Å². The molecular formula is C5H4F3NO. The van der Waals surface area contributed by atoms with E-state index in [-0.39, 0.29) is 0 Å². The van der Waals surface area contributed by atoms with Crippen molar-refractivity contribution >= 4 is 0 Å². The minimum absolute atomic E-state index is 0.671. The second-order valence-corrected chi connectivity index (χ2v) is 1.71. The van der Waals surface area contributed by atoms with E-state index in [2.05, 4.69) is 9.40 Å². The summed E-state index contributed by atoms with van der Waals surface area (Å²) in [6, 6.07) is 0. The maximum atomic E-state index is 12.2. The topological polar surface area (TPSA) is 26.0 Å². The molecular weight excluding hydrogens is 147 g/mol. The first kappa shape index (κ1) is 7.11. The van der Waals surface area contributed by atoms with Gasteiger partial charge in [-0.25, -0.2) is 9.37 Å². The van der Waals surface area contributed by atoms with Crippen LogP contribution in [0, 0.1) is 0 Å². The Morgan fingerprint density at radius 2 is 2.30 bits per heavy atom. The Labute approximate surface area is 54.7 Å². The lowest BCUT2D eigenvalue weighted by atomic mass is 10.3. The van der Waals surface area contributed by atoms with Gasteiger partial charge in [-0.05, 0) is 0 Å². The average Bonchev–Trinajstić information content (AvgIpc) is 2.38. The van der Waals surface area contributed by atoms with Crippen LogP contribution in [0.15, 0.2) is 17.1 Å². The molecule has 1 aromatic heterocycles. The van der Waals surface area contributed by atoms with Crippen LogP contribution in [0.4, 0.5) is 13.2 Å². The Hall–Kier alpha value is -1.00. The summed E-state index contributed by atoms with van der Waals surface area (Å²) in [6.07, 6.45) is 1.55. The Bertz CT molecular complexity index is 197. The molecule has 0 atom stereocenters. The zero-order valence-corrected chi connectivity index (χ0v) is 4.85. The van der Waals surface area contributed by atoms with Gasteiger partial charge < -0.3 is 4.42 Å². The maximum Gasteiger partial charge on any atom is 0.320 e. The minimum Gasteiger partial charge on any atom is -0.451 e. The summed E-state index contributed by atoms with van der Waals surface area (Å²) in [4.78, 5) is 3.10. The highest BCUT2D eigenvalue weighted by Gasteiger charge is 2.34. The fourth-order valence-electron chi connectivity index (χ4n) is 0.462. The first-order valence-corrected chi connectivity index (χ1v) is 2.49. The third-order valence-corrected chi connectivity index (χ3v) is 0.975. The fourth-order valence-corrected chi connectivity index (χ4v) is 0.462. The van der Waals surface area contributed by atoms with Gasteiger partial charge in [0.05, 0.1) is 0 Å². The number of nitrogens with zero attached hydrogens (tertiary/aromatic N) is 1. The van der Waals surface area contributed by atoms with Crippen LogP contribution in [-0.2, 0) is 5.92 Å². The molecule has 0 aliphatic carbocycles. The Balaban J connectivity index is 2.85. The van der Waals surface area contributed by atoms with Crippen molar-refractivity contribution in [2.45, 2.75) is 5.92 Å². The van der Waals surface area contributed by atoms with Crippen molar-refractivity contribution in [2.75, 3.05) is 6.67 Å². The molecule has 0 aliphatic rings. The SMILES string of the molecule is FCC(F)(F)c1cocn1. The minimum atomic E-state index is -3.51. The largest absolute Gasteiger partial charge is 0.451 e. The van der Waals surface area contributed by atoms with Gasteiger partial charge in [0.15, 0.2) is 18.8 Å². The van der Waals surface area contributed by atoms with Crippen molar-refractivity contribution < 1.29 is 17.6 Å². The van der Waals surface area contributed by atoms with Crippen molar-refractivity contribution in [3.05, 3.63) is 18.4 Å². The van der Waals surface area contributed by atoms with Crippen LogP contribution in [0.5, 0.6) is 0 Å². The third-order valence-electron chi connectivity index (χ3n) is 0.975. The van der Waals surface area contributed by atoms with E-state index in [0.717, 1.165) is 12.7 Å². The lowest BCUT2D eigenvalue weighted by Gasteiger charge is -2.05. The molecule has 0 aliphatic heterocycles. The Morgan fingerprint density at radius 3 is 2.70 bits per heavy atom. The third kappa shape index (κ3) is 1.12. The molecule has 10 heavy (non-hydrogen) atoms. The highest BCUT2D eigenvalue weighted by molar-refractivity contribution is 5.00. The number of rotatable bonds is 2. The van der Waals surface area contributed by atoms with Gasteiger partial charge in [0, 0.05) is 0 Å². The molecule has 0 radical (unpaired) electrons. The molecule has 0 spiro atoms. The molecule has 5 heteroatoms. The molecule has 0 bridgehead atoms. The molecule has 56 valence electrons. The van der Waals surface area contributed by atoms with E-state index in [4.69, 9.17) is 0 Å². The van der Waals surface area contributed by atoms with E-state index in [9.17, 15) is 13.2 Å². The van der Waals surface area contributed by atoms with Crippen molar-refractivity contribution in [1.29, 1.82) is 0 Å². The molecule has 2 nitrogen and oxygen atoms in total. The molecule has 0 fully saturated rings. The normalized spacial score (nSPS) is 11.9. The predicted molar refractivity (Wildman–Crippen MR) is 26.4 cm³/mol. The van der Waals surface area contributed by atoms with Crippen LogP contribution in [0.2, 0.25) is 0 Å². The highest BCUT2D eigenvalue weighted by Crippen LogP contribution is 2.26. The lowest BCUT2D eigenvalue weighted by Crippen LogP contribution is -2.15. The van der Waals surface area contributed by atoms with Gasteiger partial charge in [0.2, 0.25) is 0 Å². The van der Waals surface area contributed by atoms with E-state index in [1.54, 1.807) is 0 Å². The summed E-state index contributed by atoms with van der Waals surface area (Å²) < 4.78 is 40.2. The number of alkyl halides is 3. The van der Waals surface area contributed by atoms with Gasteiger partial charge in [-0.3, -0.25) is 0 Å². The van der Waals surface area contributed by atoms with Crippen LogP contribution in [0.25, 0.3) is 0 Å². The van der Waals surface area contributed by atoms with Crippen molar-refractivity contribution in [3.8, 4) is 0 Å². The molecule has 1 heterocycles. The van der Waals surface area contributed by atoms with E-state index >= 15 is 0 Å². The van der Waals surface area contributed by atoms with Crippen LogP contribution >= 0.6 is 0 Å². The standard InChI is InChI=1S/C5H4F3NO/c6-2-5(7,8)4-1-10-3-9-4/h1,3H,2H2. The fraction of sp³-hybridized carbons (Fsp3) is 0.400. The molecule has 0 saturated carbocycles. The number of aromatic nitrogens is 1. The molecule has 1 aromatic rings. The van der Waals surface area contributed by atoms with Gasteiger partial charge in [-0.15, -0.1) is 0 Å². The average molecular weight is 151 g/mol. The molecule has 0 amide bonds. The summed E-state index contributed by atoms with van der Waals surface area (Å²) >= 11 is 0. The molecule has 1 rings (SSSR count). The van der Waals surface area contributed by atoms with Crippen molar-refractivity contribution in [2.24, 2.45) is 0 Å². The predicted octanol–water partition coefficient (Wildman–Crippen LogP) is 1.74. The van der Waals surface area contributed by atoms with Crippen LogP contribution in [0.1, 0.15) is 5.69 Å². The first-order valence-electron chi connectivity index (χ1n) is 2.49. The van der Waals surface area contributed by atoms with Crippen LogP contribution in [-0.4, -0.2) is 11.7 Å². The van der Waals surface area contributed by atoms with E-state index in [0.29, 0.717) is 0 Å².